The number of nitrogens with two attached hydrogens (primary N) is 1. The molecule has 1 atom stereocenters. The highest BCUT2D eigenvalue weighted by Crippen LogP contribution is 2.20. The Morgan fingerprint density at radius 3 is 2.72 bits per heavy atom. The fourth-order valence-corrected chi connectivity index (χ4v) is 1.79. The Kier molecular flexibility index (Phi) is 3.31. The summed E-state index contributed by atoms with van der Waals surface area (Å²) in [6.45, 7) is 0.582. The molecule has 1 aromatic rings. The summed E-state index contributed by atoms with van der Waals surface area (Å²) in [6.07, 6.45) is 0.425. The van der Waals surface area contributed by atoms with E-state index in [1.54, 1.807) is 12.1 Å². The van der Waals surface area contributed by atoms with Crippen molar-refractivity contribution in [3.8, 4) is 0 Å². The van der Waals surface area contributed by atoms with E-state index in [9.17, 15) is 9.59 Å². The van der Waals surface area contributed by atoms with Crippen molar-refractivity contribution in [2.24, 2.45) is 5.73 Å². The van der Waals surface area contributed by atoms with Crippen molar-refractivity contribution in [2.75, 3.05) is 18.5 Å². The van der Waals surface area contributed by atoms with Crippen LogP contribution in [0.4, 0.5) is 5.69 Å². The lowest BCUT2D eigenvalue weighted by Gasteiger charge is -2.21. The zero-order valence-electron chi connectivity index (χ0n) is 9.68. The number of ether oxygens (including phenoxy) is 1. The maximum Gasteiger partial charge on any atom is 0.337 e. The molecule has 96 valence electrons. The summed E-state index contributed by atoms with van der Waals surface area (Å²) >= 11 is 0. The van der Waals surface area contributed by atoms with Crippen LogP contribution in [-0.4, -0.2) is 35.7 Å². The highest BCUT2D eigenvalue weighted by atomic mass is 16.5. The first-order valence-electron chi connectivity index (χ1n) is 5.53. The third-order valence-corrected chi connectivity index (χ3v) is 2.91. The van der Waals surface area contributed by atoms with E-state index < -0.39 is 17.4 Å². The van der Waals surface area contributed by atoms with Crippen molar-refractivity contribution in [1.29, 1.82) is 0 Å². The SMILES string of the molecule is NC1(C(=O)Nc2ccccc2C(=O)O)CCOC1. The third kappa shape index (κ3) is 2.34. The highest BCUT2D eigenvalue weighted by molar-refractivity contribution is 6.03. The lowest BCUT2D eigenvalue weighted by Crippen LogP contribution is -2.51. The van der Waals surface area contributed by atoms with Gasteiger partial charge < -0.3 is 20.9 Å². The molecule has 1 heterocycles. The summed E-state index contributed by atoms with van der Waals surface area (Å²) in [5, 5.41) is 11.6. The summed E-state index contributed by atoms with van der Waals surface area (Å²) in [6, 6.07) is 6.19. The van der Waals surface area contributed by atoms with E-state index in [0.717, 1.165) is 0 Å². The van der Waals surface area contributed by atoms with E-state index in [-0.39, 0.29) is 17.9 Å². The molecular weight excluding hydrogens is 236 g/mol. The molecule has 1 fully saturated rings. The van der Waals surface area contributed by atoms with Gasteiger partial charge in [-0.3, -0.25) is 4.79 Å². The Bertz CT molecular complexity index is 481. The van der Waals surface area contributed by atoms with Gasteiger partial charge >= 0.3 is 5.97 Å². The van der Waals surface area contributed by atoms with E-state index in [2.05, 4.69) is 5.32 Å². The average Bonchev–Trinajstić information content (AvgIpc) is 2.78. The summed E-state index contributed by atoms with van der Waals surface area (Å²) in [5.74, 6) is -1.52. The monoisotopic (exact) mass is 250 g/mol. The van der Waals surface area contributed by atoms with Crippen molar-refractivity contribution in [1.82, 2.24) is 0 Å². The normalized spacial score (nSPS) is 22.7. The van der Waals surface area contributed by atoms with Crippen molar-refractivity contribution >= 4 is 17.6 Å². The van der Waals surface area contributed by atoms with Gasteiger partial charge in [-0.05, 0) is 18.6 Å². The van der Waals surface area contributed by atoms with Gasteiger partial charge in [0.2, 0.25) is 5.91 Å². The predicted molar refractivity (Wildman–Crippen MR) is 64.4 cm³/mol. The van der Waals surface area contributed by atoms with Crippen molar-refractivity contribution < 1.29 is 19.4 Å². The average molecular weight is 250 g/mol. The number of hydrogen-bond acceptors (Lipinski definition) is 4. The first-order chi connectivity index (χ1) is 8.53. The summed E-state index contributed by atoms with van der Waals surface area (Å²) in [7, 11) is 0. The number of nitrogens with one attached hydrogen (secondary N) is 1. The number of carbonyl (C=O) groups excluding carboxylic acids is 1. The van der Waals surface area contributed by atoms with Gasteiger partial charge in [0.15, 0.2) is 0 Å². The molecular formula is C12H14N2O4. The van der Waals surface area contributed by atoms with Gasteiger partial charge in [-0.2, -0.15) is 0 Å². The molecule has 2 rings (SSSR count). The predicted octanol–water partition coefficient (Wildman–Crippen LogP) is 0.441. The molecule has 4 N–H and O–H groups in total. The van der Waals surface area contributed by atoms with Crippen molar-refractivity contribution in [3.05, 3.63) is 29.8 Å². The van der Waals surface area contributed by atoms with Gasteiger partial charge in [-0.15, -0.1) is 0 Å². The molecule has 0 aliphatic carbocycles. The standard InChI is InChI=1S/C12H14N2O4/c13-12(5-6-18-7-12)11(17)14-9-4-2-1-3-8(9)10(15)16/h1-4H,5-7,13H2,(H,14,17)(H,15,16). The van der Waals surface area contributed by atoms with Crippen LogP contribution in [-0.2, 0) is 9.53 Å². The van der Waals surface area contributed by atoms with Gasteiger partial charge in [0.25, 0.3) is 0 Å². The third-order valence-electron chi connectivity index (χ3n) is 2.91. The number of carboxylic acid groups (broad SMARTS) is 1. The molecule has 6 nitrogen and oxygen atoms in total. The van der Waals surface area contributed by atoms with Crippen molar-refractivity contribution in [3.63, 3.8) is 0 Å². The Morgan fingerprint density at radius 2 is 2.11 bits per heavy atom. The smallest absolute Gasteiger partial charge is 0.337 e. The molecule has 1 aliphatic rings. The molecule has 6 heteroatoms. The van der Waals surface area contributed by atoms with Gasteiger partial charge in [-0.25, -0.2) is 4.79 Å². The van der Waals surface area contributed by atoms with Crippen LogP contribution < -0.4 is 11.1 Å². The summed E-state index contributed by atoms with van der Waals surface area (Å²) in [5.41, 5.74) is 5.09. The van der Waals surface area contributed by atoms with Gasteiger partial charge in [-0.1, -0.05) is 12.1 Å². The molecule has 0 spiro atoms. The molecule has 1 amide bonds. The van der Waals surface area contributed by atoms with Crippen LogP contribution in [0, 0.1) is 0 Å². The van der Waals surface area contributed by atoms with E-state index >= 15 is 0 Å². The second-order valence-corrected chi connectivity index (χ2v) is 4.26. The Balaban J connectivity index is 2.19. The number of amides is 1. The second kappa shape index (κ2) is 4.75. The van der Waals surface area contributed by atoms with Crippen LogP contribution in [0.3, 0.4) is 0 Å². The molecule has 1 saturated heterocycles. The van der Waals surface area contributed by atoms with Gasteiger partial charge in [0, 0.05) is 6.61 Å². The fraction of sp³-hybridized carbons (Fsp3) is 0.333. The van der Waals surface area contributed by atoms with E-state index in [1.165, 1.54) is 12.1 Å². The van der Waals surface area contributed by atoms with Crippen LogP contribution in [0.2, 0.25) is 0 Å². The Morgan fingerprint density at radius 1 is 1.39 bits per heavy atom. The first-order valence-corrected chi connectivity index (χ1v) is 5.53. The molecule has 0 aromatic heterocycles. The van der Waals surface area contributed by atoms with E-state index in [4.69, 9.17) is 15.6 Å². The Hall–Kier alpha value is -1.92. The van der Waals surface area contributed by atoms with Crippen LogP contribution in [0.1, 0.15) is 16.8 Å². The summed E-state index contributed by atoms with van der Waals surface area (Å²) < 4.78 is 5.09. The molecule has 1 aromatic carbocycles. The number of anilines is 1. The zero-order valence-corrected chi connectivity index (χ0v) is 9.68. The second-order valence-electron chi connectivity index (χ2n) is 4.26. The Labute approximate surface area is 104 Å². The molecule has 18 heavy (non-hydrogen) atoms. The number of para-hydroxylation sites is 1. The number of aromatic carboxylic acids is 1. The number of carboxylic acids is 1. The largest absolute Gasteiger partial charge is 0.478 e. The van der Waals surface area contributed by atoms with E-state index in [0.29, 0.717) is 13.0 Å². The maximum atomic E-state index is 12.0. The highest BCUT2D eigenvalue weighted by Gasteiger charge is 2.38. The topological polar surface area (TPSA) is 102 Å². The van der Waals surface area contributed by atoms with Gasteiger partial charge in [0.05, 0.1) is 17.9 Å². The minimum absolute atomic E-state index is 0.0355. The number of hydrogen-bond donors (Lipinski definition) is 3. The molecule has 1 aliphatic heterocycles. The zero-order chi connectivity index (χ0) is 13.2. The van der Waals surface area contributed by atoms with Gasteiger partial charge in [0.1, 0.15) is 5.54 Å². The van der Waals surface area contributed by atoms with Crippen LogP contribution in [0.5, 0.6) is 0 Å². The first kappa shape index (κ1) is 12.5. The lowest BCUT2D eigenvalue weighted by molar-refractivity contribution is -0.121. The minimum atomic E-state index is -1.10. The number of benzene rings is 1. The van der Waals surface area contributed by atoms with Crippen molar-refractivity contribution in [2.45, 2.75) is 12.0 Å². The van der Waals surface area contributed by atoms with E-state index in [1.807, 2.05) is 0 Å². The lowest BCUT2D eigenvalue weighted by atomic mass is 9.99. The molecule has 0 saturated carbocycles. The summed E-state index contributed by atoms with van der Waals surface area (Å²) in [4.78, 5) is 23.0. The number of carbonyl (C=O) groups is 2. The van der Waals surface area contributed by atoms with Crippen LogP contribution in [0.15, 0.2) is 24.3 Å². The fourth-order valence-electron chi connectivity index (χ4n) is 1.79. The quantitative estimate of drug-likeness (QED) is 0.722. The molecule has 1 unspecified atom stereocenters. The maximum absolute atomic E-state index is 12.0. The molecule has 0 bridgehead atoms. The minimum Gasteiger partial charge on any atom is -0.478 e. The molecule has 0 radical (unpaired) electrons. The number of rotatable bonds is 3. The van der Waals surface area contributed by atoms with Crippen LogP contribution >= 0.6 is 0 Å². The van der Waals surface area contributed by atoms with Crippen LogP contribution in [0.25, 0.3) is 0 Å².